The Hall–Kier alpha value is -4.27. The molecule has 0 unspecified atom stereocenters. The average molecular weight is 510 g/mol. The molecule has 38 heavy (non-hydrogen) atoms. The number of piperazine rings is 1. The minimum Gasteiger partial charge on any atom is -0.398 e. The number of allylic oxidation sites excluding steroid dienone is 1. The van der Waals surface area contributed by atoms with E-state index in [1.807, 2.05) is 61.5 Å². The number of carbonyl (C=O) groups excluding carboxylic acids is 1. The Labute approximate surface area is 224 Å². The molecule has 0 aliphatic carbocycles. The molecule has 1 amide bonds. The number of aromatic nitrogens is 1. The number of nitrogens with two attached hydrogens (primary N) is 1. The molecule has 1 fully saturated rings. The van der Waals surface area contributed by atoms with Crippen molar-refractivity contribution < 1.29 is 4.79 Å². The fourth-order valence-electron chi connectivity index (χ4n) is 4.09. The van der Waals surface area contributed by atoms with Crippen LogP contribution in [0.4, 0.5) is 11.4 Å². The second kappa shape index (κ2) is 12.8. The van der Waals surface area contributed by atoms with Crippen LogP contribution in [0.1, 0.15) is 27.0 Å². The highest BCUT2D eigenvalue weighted by molar-refractivity contribution is 6.04. The van der Waals surface area contributed by atoms with Gasteiger partial charge in [0.25, 0.3) is 5.91 Å². The predicted octanol–water partition coefficient (Wildman–Crippen LogP) is 4.34. The van der Waals surface area contributed by atoms with Crippen molar-refractivity contribution in [2.75, 3.05) is 43.9 Å². The van der Waals surface area contributed by atoms with Crippen LogP contribution in [-0.2, 0) is 6.54 Å². The Morgan fingerprint density at radius 3 is 2.55 bits per heavy atom. The molecular formula is C30H35N7O. The number of aliphatic imine (C=N–C) groups is 1. The zero-order valence-electron chi connectivity index (χ0n) is 22.0. The fraction of sp³-hybridized carbons (Fsp3) is 0.233. The third-order valence-corrected chi connectivity index (χ3v) is 6.47. The maximum absolute atomic E-state index is 12.9. The number of anilines is 2. The van der Waals surface area contributed by atoms with Crippen molar-refractivity contribution in [3.63, 3.8) is 0 Å². The first-order chi connectivity index (χ1) is 18.4. The Balaban J connectivity index is 1.33. The number of benzene rings is 2. The van der Waals surface area contributed by atoms with Crippen LogP contribution in [0.2, 0.25) is 0 Å². The second-order valence-corrected chi connectivity index (χ2v) is 9.47. The molecule has 4 N–H and O–H groups in total. The molecule has 8 nitrogen and oxygen atoms in total. The molecule has 0 radical (unpaired) electrons. The molecule has 4 rings (SSSR count). The third-order valence-electron chi connectivity index (χ3n) is 6.47. The number of pyridine rings is 1. The number of amides is 1. The molecule has 1 aliphatic rings. The van der Waals surface area contributed by atoms with Crippen LogP contribution in [-0.4, -0.2) is 60.1 Å². The zero-order chi connectivity index (χ0) is 26.9. The van der Waals surface area contributed by atoms with Gasteiger partial charge >= 0.3 is 0 Å². The average Bonchev–Trinajstić information content (AvgIpc) is 2.92. The number of hydrogen-bond acceptors (Lipinski definition) is 7. The highest BCUT2D eigenvalue weighted by Gasteiger charge is 2.14. The fourth-order valence-corrected chi connectivity index (χ4v) is 4.09. The minimum atomic E-state index is -0.154. The van der Waals surface area contributed by atoms with Gasteiger partial charge in [-0.3, -0.25) is 14.7 Å². The highest BCUT2D eigenvalue weighted by Crippen LogP contribution is 2.22. The molecular weight excluding hydrogens is 474 g/mol. The van der Waals surface area contributed by atoms with Gasteiger partial charge < -0.3 is 21.3 Å². The van der Waals surface area contributed by atoms with E-state index in [0.29, 0.717) is 22.8 Å². The first-order valence-electron chi connectivity index (χ1n) is 12.7. The van der Waals surface area contributed by atoms with Gasteiger partial charge in [0.15, 0.2) is 0 Å². The van der Waals surface area contributed by atoms with Gasteiger partial charge in [0.1, 0.15) is 5.82 Å². The summed E-state index contributed by atoms with van der Waals surface area (Å²) in [6.07, 6.45) is 6.68. The largest absolute Gasteiger partial charge is 0.398 e. The molecule has 3 aromatic rings. The zero-order valence-corrected chi connectivity index (χ0v) is 22.0. The third kappa shape index (κ3) is 7.61. The molecule has 0 bridgehead atoms. The molecule has 8 heteroatoms. The lowest BCUT2D eigenvalue weighted by molar-refractivity contribution is 0.102. The van der Waals surface area contributed by atoms with Crippen LogP contribution in [0, 0.1) is 6.92 Å². The van der Waals surface area contributed by atoms with Crippen molar-refractivity contribution >= 4 is 29.2 Å². The summed E-state index contributed by atoms with van der Waals surface area (Å²) in [6.45, 7) is 11.2. The molecule has 196 valence electrons. The van der Waals surface area contributed by atoms with Gasteiger partial charge in [-0.05, 0) is 67.6 Å². The van der Waals surface area contributed by atoms with E-state index in [2.05, 4.69) is 44.0 Å². The van der Waals surface area contributed by atoms with Crippen molar-refractivity contribution in [2.45, 2.75) is 13.5 Å². The number of nitrogens with one attached hydrogen (secondary N) is 2. The van der Waals surface area contributed by atoms with E-state index in [9.17, 15) is 4.79 Å². The minimum absolute atomic E-state index is 0.154. The molecule has 1 saturated heterocycles. The predicted molar refractivity (Wildman–Crippen MR) is 156 cm³/mol. The lowest BCUT2D eigenvalue weighted by Crippen LogP contribution is -2.43. The number of rotatable bonds is 9. The summed E-state index contributed by atoms with van der Waals surface area (Å²) in [6, 6.07) is 17.2. The number of aryl methyl sites for hydroxylation is 1. The quantitative estimate of drug-likeness (QED) is 0.371. The number of likely N-dealkylation sites (N-methyl/N-ethyl adjacent to an activating group) is 1. The van der Waals surface area contributed by atoms with E-state index >= 15 is 0 Å². The van der Waals surface area contributed by atoms with Gasteiger partial charge in [-0.15, -0.1) is 0 Å². The lowest BCUT2D eigenvalue weighted by atomic mass is 10.1. The lowest BCUT2D eigenvalue weighted by Gasteiger charge is -2.32. The summed E-state index contributed by atoms with van der Waals surface area (Å²) in [4.78, 5) is 26.0. The molecule has 1 aliphatic heterocycles. The standard InChI is InChI=1S/C30H35N7O/c1-22-6-11-27(19-29(22)34-23(2)33-14-12-28(31)26-5-4-13-32-20-26)35-30(38)25-9-7-24(8-10-25)21-37-17-15-36(3)16-18-37/h4-14,19-20,34H,2,15-18,21,31H2,1,3H3,(H,35,38)/b28-12-,33-14-. The van der Waals surface area contributed by atoms with Crippen LogP contribution >= 0.6 is 0 Å². The van der Waals surface area contributed by atoms with Crippen molar-refractivity contribution in [3.8, 4) is 0 Å². The van der Waals surface area contributed by atoms with Crippen LogP contribution in [0.25, 0.3) is 5.70 Å². The Bertz CT molecular complexity index is 1310. The van der Waals surface area contributed by atoms with E-state index in [1.54, 1.807) is 24.7 Å². The number of nitrogens with zero attached hydrogens (tertiary/aromatic N) is 4. The van der Waals surface area contributed by atoms with Crippen molar-refractivity contribution in [3.05, 3.63) is 108 Å². The molecule has 2 aromatic carbocycles. The normalized spacial score (nSPS) is 14.9. The Morgan fingerprint density at radius 2 is 1.84 bits per heavy atom. The van der Waals surface area contributed by atoms with Crippen molar-refractivity contribution in [1.82, 2.24) is 14.8 Å². The van der Waals surface area contributed by atoms with Crippen molar-refractivity contribution in [1.29, 1.82) is 0 Å². The smallest absolute Gasteiger partial charge is 0.255 e. The molecule has 0 spiro atoms. The summed E-state index contributed by atoms with van der Waals surface area (Å²) < 4.78 is 0. The monoisotopic (exact) mass is 509 g/mol. The van der Waals surface area contributed by atoms with Gasteiger partial charge in [-0.1, -0.05) is 24.8 Å². The summed E-state index contributed by atoms with van der Waals surface area (Å²) in [5.41, 5.74) is 11.8. The van der Waals surface area contributed by atoms with E-state index in [1.165, 1.54) is 5.56 Å². The molecule has 0 saturated carbocycles. The van der Waals surface area contributed by atoms with E-state index in [4.69, 9.17) is 5.73 Å². The highest BCUT2D eigenvalue weighted by atomic mass is 16.1. The Kier molecular flexibility index (Phi) is 9.02. The number of hydrogen-bond donors (Lipinski definition) is 3. The van der Waals surface area contributed by atoms with Crippen molar-refractivity contribution in [2.24, 2.45) is 10.7 Å². The Morgan fingerprint density at radius 1 is 1.08 bits per heavy atom. The van der Waals surface area contributed by atoms with Gasteiger partial charge in [0.05, 0.1) is 0 Å². The van der Waals surface area contributed by atoms with Crippen LogP contribution < -0.4 is 16.4 Å². The SMILES string of the molecule is C=C(/N=C\C=C(/N)c1cccnc1)Nc1cc(NC(=O)c2ccc(CN3CCN(C)CC3)cc2)ccc1C. The first-order valence-corrected chi connectivity index (χ1v) is 12.7. The van der Waals surface area contributed by atoms with Crippen LogP contribution in [0.5, 0.6) is 0 Å². The second-order valence-electron chi connectivity index (χ2n) is 9.47. The molecule has 2 heterocycles. The van der Waals surface area contributed by atoms with E-state index in [0.717, 1.165) is 49.5 Å². The number of carbonyl (C=O) groups is 1. The molecule has 0 atom stereocenters. The summed E-state index contributed by atoms with van der Waals surface area (Å²) in [7, 11) is 2.16. The van der Waals surface area contributed by atoms with Gasteiger partial charge in [0, 0.05) is 79.5 Å². The van der Waals surface area contributed by atoms with Crippen LogP contribution in [0.3, 0.4) is 0 Å². The topological polar surface area (TPSA) is 98.9 Å². The van der Waals surface area contributed by atoms with Gasteiger partial charge in [-0.25, -0.2) is 4.99 Å². The van der Waals surface area contributed by atoms with E-state index in [-0.39, 0.29) is 5.91 Å². The van der Waals surface area contributed by atoms with Gasteiger partial charge in [-0.2, -0.15) is 0 Å². The molecule has 1 aromatic heterocycles. The summed E-state index contributed by atoms with van der Waals surface area (Å²) in [5.74, 6) is 0.293. The summed E-state index contributed by atoms with van der Waals surface area (Å²) in [5, 5.41) is 6.18. The first kappa shape index (κ1) is 26.8. The van der Waals surface area contributed by atoms with Gasteiger partial charge in [0.2, 0.25) is 0 Å². The van der Waals surface area contributed by atoms with Crippen LogP contribution in [0.15, 0.2) is 90.5 Å². The maximum Gasteiger partial charge on any atom is 0.255 e. The summed E-state index contributed by atoms with van der Waals surface area (Å²) >= 11 is 0. The van der Waals surface area contributed by atoms with E-state index < -0.39 is 0 Å². The maximum atomic E-state index is 12.9.